The van der Waals surface area contributed by atoms with Gasteiger partial charge >= 0.3 is 0 Å². The van der Waals surface area contributed by atoms with Gasteiger partial charge in [-0.1, -0.05) is 0 Å². The molecular formula is C13H15NO5S. The third-order valence-electron chi connectivity index (χ3n) is 2.93. The minimum atomic E-state index is -3.93. The molecule has 0 unspecified atom stereocenters. The highest BCUT2D eigenvalue weighted by atomic mass is 32.3. The quantitative estimate of drug-likeness (QED) is 0.583. The van der Waals surface area contributed by atoms with Gasteiger partial charge in [-0.25, -0.2) is 0 Å². The maximum atomic E-state index is 11.0. The van der Waals surface area contributed by atoms with Crippen molar-refractivity contribution in [2.45, 2.75) is 18.7 Å². The first kappa shape index (κ1) is 14.6. The predicted octanol–water partition coefficient (Wildman–Crippen LogP) is 3.39. The fourth-order valence-electron chi connectivity index (χ4n) is 2.03. The molecule has 2 rings (SSSR count). The number of carbonyl (C=O) groups excluding carboxylic acids is 1. The SMILES string of the molecule is CC(=O)Nc1ccc2c(O)c(C)c(S(O)(O)O)cc2c1. The highest BCUT2D eigenvalue weighted by molar-refractivity contribution is 8.19. The zero-order chi connectivity index (χ0) is 15.1. The Kier molecular flexibility index (Phi) is 3.61. The lowest BCUT2D eigenvalue weighted by Gasteiger charge is -2.23. The molecule has 0 saturated heterocycles. The average molecular weight is 297 g/mol. The van der Waals surface area contributed by atoms with Crippen LogP contribution in [0.3, 0.4) is 0 Å². The van der Waals surface area contributed by atoms with E-state index in [1.54, 1.807) is 18.2 Å². The van der Waals surface area contributed by atoms with Crippen LogP contribution in [0.2, 0.25) is 0 Å². The first-order chi connectivity index (χ1) is 9.20. The second kappa shape index (κ2) is 4.95. The van der Waals surface area contributed by atoms with E-state index in [2.05, 4.69) is 5.32 Å². The molecule has 0 atom stereocenters. The average Bonchev–Trinajstić information content (AvgIpc) is 2.31. The number of hydrogen-bond donors (Lipinski definition) is 5. The summed E-state index contributed by atoms with van der Waals surface area (Å²) in [4.78, 5) is 10.9. The van der Waals surface area contributed by atoms with E-state index < -0.39 is 10.9 Å². The van der Waals surface area contributed by atoms with E-state index in [9.17, 15) is 23.6 Å². The van der Waals surface area contributed by atoms with Crippen molar-refractivity contribution in [2.75, 3.05) is 5.32 Å². The van der Waals surface area contributed by atoms with Gasteiger partial charge in [0, 0.05) is 23.6 Å². The van der Waals surface area contributed by atoms with Gasteiger partial charge in [0.15, 0.2) is 0 Å². The van der Waals surface area contributed by atoms with Gasteiger partial charge in [0.1, 0.15) is 16.6 Å². The topological polar surface area (TPSA) is 110 Å². The lowest BCUT2D eigenvalue weighted by Crippen LogP contribution is -2.05. The Bertz CT molecular complexity index is 693. The number of benzene rings is 2. The van der Waals surface area contributed by atoms with E-state index in [0.29, 0.717) is 16.5 Å². The highest BCUT2D eigenvalue weighted by Crippen LogP contribution is 2.49. The molecule has 6 nitrogen and oxygen atoms in total. The summed E-state index contributed by atoms with van der Waals surface area (Å²) in [6.45, 7) is 2.85. The van der Waals surface area contributed by atoms with Crippen molar-refractivity contribution in [1.29, 1.82) is 0 Å². The predicted molar refractivity (Wildman–Crippen MR) is 78.4 cm³/mol. The van der Waals surface area contributed by atoms with E-state index >= 15 is 0 Å². The Labute approximate surface area is 117 Å². The van der Waals surface area contributed by atoms with E-state index in [1.165, 1.54) is 19.9 Å². The Morgan fingerprint density at radius 1 is 1.20 bits per heavy atom. The molecule has 1 amide bonds. The number of anilines is 1. The first-order valence-electron chi connectivity index (χ1n) is 5.74. The lowest BCUT2D eigenvalue weighted by atomic mass is 10.1. The van der Waals surface area contributed by atoms with Crippen LogP contribution in [0.15, 0.2) is 29.2 Å². The molecule has 2 aromatic carbocycles. The molecule has 0 fully saturated rings. The van der Waals surface area contributed by atoms with Crippen molar-refractivity contribution in [1.82, 2.24) is 0 Å². The van der Waals surface area contributed by atoms with Crippen molar-refractivity contribution < 1.29 is 23.6 Å². The molecule has 20 heavy (non-hydrogen) atoms. The minimum absolute atomic E-state index is 0.137. The molecule has 0 aromatic heterocycles. The number of hydrogen-bond acceptors (Lipinski definition) is 5. The number of phenolic OH excluding ortho intramolecular Hbond substituents is 1. The van der Waals surface area contributed by atoms with Gasteiger partial charge in [-0.05, 0) is 36.6 Å². The van der Waals surface area contributed by atoms with Crippen molar-refractivity contribution in [2.24, 2.45) is 0 Å². The van der Waals surface area contributed by atoms with Gasteiger partial charge < -0.3 is 24.1 Å². The third kappa shape index (κ3) is 2.70. The Morgan fingerprint density at radius 2 is 1.85 bits per heavy atom. The first-order valence-corrected chi connectivity index (χ1v) is 7.25. The molecule has 0 aliphatic rings. The molecular weight excluding hydrogens is 282 g/mol. The van der Waals surface area contributed by atoms with Crippen molar-refractivity contribution in [3.05, 3.63) is 29.8 Å². The Balaban J connectivity index is 2.69. The normalized spacial score (nSPS) is 12.4. The third-order valence-corrected chi connectivity index (χ3v) is 3.95. The second-order valence-electron chi connectivity index (χ2n) is 4.48. The lowest BCUT2D eigenvalue weighted by molar-refractivity contribution is -0.114. The summed E-state index contributed by atoms with van der Waals surface area (Å²) in [6, 6.07) is 6.19. The van der Waals surface area contributed by atoms with E-state index in [1.807, 2.05) is 0 Å². The molecule has 0 aliphatic heterocycles. The van der Waals surface area contributed by atoms with Crippen LogP contribution in [0.4, 0.5) is 5.69 Å². The summed E-state index contributed by atoms with van der Waals surface area (Å²) in [6.07, 6.45) is 0. The smallest absolute Gasteiger partial charge is 0.221 e. The maximum absolute atomic E-state index is 11.0. The summed E-state index contributed by atoms with van der Waals surface area (Å²) in [5, 5.41) is 13.6. The number of rotatable bonds is 2. The van der Waals surface area contributed by atoms with Crippen LogP contribution in [0, 0.1) is 6.92 Å². The largest absolute Gasteiger partial charge is 0.507 e. The molecule has 0 aliphatic carbocycles. The fraction of sp³-hybridized carbons (Fsp3) is 0.154. The number of nitrogens with one attached hydrogen (secondary N) is 1. The molecule has 2 aromatic rings. The van der Waals surface area contributed by atoms with E-state index in [-0.39, 0.29) is 22.1 Å². The van der Waals surface area contributed by atoms with Gasteiger partial charge in [0.2, 0.25) is 5.91 Å². The van der Waals surface area contributed by atoms with Gasteiger partial charge in [-0.3, -0.25) is 4.79 Å². The zero-order valence-electron chi connectivity index (χ0n) is 10.9. The summed E-state index contributed by atoms with van der Waals surface area (Å²) in [5.41, 5.74) is 0.709. The molecule has 5 N–H and O–H groups in total. The van der Waals surface area contributed by atoms with Gasteiger partial charge in [-0.2, -0.15) is 0 Å². The molecule has 0 radical (unpaired) electrons. The van der Waals surface area contributed by atoms with Gasteiger partial charge in [-0.15, -0.1) is 0 Å². The van der Waals surface area contributed by atoms with Crippen LogP contribution in [0.25, 0.3) is 10.8 Å². The standard InChI is InChI=1S/C13H15NO5S/c1-7-12(20(17,18)19)6-9-5-10(14-8(2)15)3-4-11(9)13(7)16/h3-6,16-19H,1-2H3,(H,14,15). The molecule has 0 bridgehead atoms. The number of aromatic hydroxyl groups is 1. The molecule has 7 heteroatoms. The summed E-state index contributed by atoms with van der Waals surface area (Å²) < 4.78 is 28.1. The number of carbonyl (C=O) groups is 1. The van der Waals surface area contributed by atoms with Crippen LogP contribution in [-0.4, -0.2) is 24.7 Å². The van der Waals surface area contributed by atoms with Crippen LogP contribution >= 0.6 is 10.9 Å². The fourth-order valence-corrected chi connectivity index (χ4v) is 2.82. The van der Waals surface area contributed by atoms with E-state index in [0.717, 1.165) is 0 Å². The van der Waals surface area contributed by atoms with Crippen molar-refractivity contribution >= 4 is 33.2 Å². The van der Waals surface area contributed by atoms with Crippen molar-refractivity contribution in [3.63, 3.8) is 0 Å². The van der Waals surface area contributed by atoms with Crippen LogP contribution in [-0.2, 0) is 4.79 Å². The maximum Gasteiger partial charge on any atom is 0.221 e. The van der Waals surface area contributed by atoms with Gasteiger partial charge in [0.05, 0.1) is 4.90 Å². The molecule has 0 heterocycles. The van der Waals surface area contributed by atoms with Crippen molar-refractivity contribution in [3.8, 4) is 5.75 Å². The zero-order valence-corrected chi connectivity index (χ0v) is 11.7. The number of amides is 1. The summed E-state index contributed by atoms with van der Waals surface area (Å²) in [7, 11) is -3.93. The minimum Gasteiger partial charge on any atom is -0.507 e. The second-order valence-corrected chi connectivity index (χ2v) is 5.96. The molecule has 108 valence electrons. The van der Waals surface area contributed by atoms with Crippen LogP contribution in [0.5, 0.6) is 5.75 Å². The highest BCUT2D eigenvalue weighted by Gasteiger charge is 2.22. The van der Waals surface area contributed by atoms with Crippen LogP contribution < -0.4 is 5.32 Å². The van der Waals surface area contributed by atoms with Gasteiger partial charge in [0.25, 0.3) is 0 Å². The summed E-state index contributed by atoms with van der Waals surface area (Å²) in [5.74, 6) is -0.381. The summed E-state index contributed by atoms with van der Waals surface area (Å²) >= 11 is 0. The molecule has 0 spiro atoms. The number of fused-ring (bicyclic) bond motifs is 1. The van der Waals surface area contributed by atoms with E-state index in [4.69, 9.17) is 0 Å². The molecule has 0 saturated carbocycles. The monoisotopic (exact) mass is 297 g/mol. The Morgan fingerprint density at radius 3 is 2.40 bits per heavy atom. The Hall–Kier alpha value is -1.80. The number of phenols is 1. The van der Waals surface area contributed by atoms with Crippen LogP contribution in [0.1, 0.15) is 12.5 Å².